The molecule has 0 saturated heterocycles. The summed E-state index contributed by atoms with van der Waals surface area (Å²) in [4.78, 5) is 0. The second-order valence-electron chi connectivity index (χ2n) is 4.87. The van der Waals surface area contributed by atoms with Gasteiger partial charge in [-0.2, -0.15) is 0 Å². The molecule has 0 aromatic heterocycles. The van der Waals surface area contributed by atoms with E-state index in [1.54, 1.807) is 19.1 Å². The molecule has 1 atom stereocenters. The number of aryl methyl sites for hydroxylation is 1. The van der Waals surface area contributed by atoms with Gasteiger partial charge in [-0.05, 0) is 49.9 Å². The van der Waals surface area contributed by atoms with Gasteiger partial charge in [0.25, 0.3) is 0 Å². The van der Waals surface area contributed by atoms with Gasteiger partial charge >= 0.3 is 0 Å². The second kappa shape index (κ2) is 6.16. The van der Waals surface area contributed by atoms with Crippen LogP contribution in [-0.2, 0) is 0 Å². The van der Waals surface area contributed by atoms with E-state index in [0.29, 0.717) is 24.0 Å². The third-order valence-electron chi connectivity index (χ3n) is 3.13. The van der Waals surface area contributed by atoms with Crippen LogP contribution in [0.25, 0.3) is 0 Å². The first-order valence-corrected chi connectivity index (χ1v) is 6.45. The van der Waals surface area contributed by atoms with Crippen LogP contribution in [0, 0.1) is 12.7 Å². The molecule has 1 aliphatic rings. The molecule has 0 aliphatic heterocycles. The van der Waals surface area contributed by atoms with Gasteiger partial charge in [-0.3, -0.25) is 0 Å². The normalized spacial score (nSPS) is 16.6. The van der Waals surface area contributed by atoms with Crippen LogP contribution in [0.5, 0.6) is 5.75 Å². The first-order chi connectivity index (χ1) is 8.69. The van der Waals surface area contributed by atoms with Gasteiger partial charge in [0.15, 0.2) is 0 Å². The van der Waals surface area contributed by atoms with Gasteiger partial charge in [-0.1, -0.05) is 0 Å². The average Bonchev–Trinajstić information content (AvgIpc) is 3.16. The molecule has 3 nitrogen and oxygen atoms in total. The minimum Gasteiger partial charge on any atom is -0.494 e. The number of benzene rings is 1. The molecule has 1 aliphatic carbocycles. The van der Waals surface area contributed by atoms with Crippen molar-refractivity contribution in [1.82, 2.24) is 5.32 Å². The van der Waals surface area contributed by atoms with Crippen molar-refractivity contribution >= 4 is 0 Å². The highest BCUT2D eigenvalue weighted by Crippen LogP contribution is 2.20. The Hall–Kier alpha value is -1.13. The summed E-state index contributed by atoms with van der Waals surface area (Å²) in [7, 11) is 0. The topological polar surface area (TPSA) is 41.5 Å². The number of hydrogen-bond acceptors (Lipinski definition) is 3. The smallest absolute Gasteiger partial charge is 0.126 e. The van der Waals surface area contributed by atoms with Crippen LogP contribution >= 0.6 is 0 Å². The zero-order valence-electron chi connectivity index (χ0n) is 10.7. The van der Waals surface area contributed by atoms with Crippen LogP contribution in [0.3, 0.4) is 0 Å². The molecule has 0 spiro atoms. The van der Waals surface area contributed by atoms with Crippen molar-refractivity contribution in [3.05, 3.63) is 29.6 Å². The molecule has 1 saturated carbocycles. The fraction of sp³-hybridized carbons (Fsp3) is 0.571. The molecule has 0 heterocycles. The predicted octanol–water partition coefficient (Wildman–Crippen LogP) is 2.02. The summed E-state index contributed by atoms with van der Waals surface area (Å²) < 4.78 is 18.6. The lowest BCUT2D eigenvalue weighted by atomic mass is 10.2. The van der Waals surface area contributed by atoms with Gasteiger partial charge in [0.05, 0.1) is 13.2 Å². The highest BCUT2D eigenvalue weighted by Gasteiger charge is 2.23. The van der Waals surface area contributed by atoms with Crippen molar-refractivity contribution in [3.8, 4) is 5.75 Å². The van der Waals surface area contributed by atoms with Gasteiger partial charge in [-0.25, -0.2) is 4.39 Å². The lowest BCUT2D eigenvalue weighted by Crippen LogP contribution is -2.35. The van der Waals surface area contributed by atoms with E-state index in [-0.39, 0.29) is 18.5 Å². The third-order valence-corrected chi connectivity index (χ3v) is 3.13. The van der Waals surface area contributed by atoms with E-state index < -0.39 is 0 Å². The molecule has 0 bridgehead atoms. The maximum Gasteiger partial charge on any atom is 0.126 e. The Kier molecular flexibility index (Phi) is 4.55. The van der Waals surface area contributed by atoms with Crippen LogP contribution in [0.4, 0.5) is 4.39 Å². The van der Waals surface area contributed by atoms with Crippen molar-refractivity contribution < 1.29 is 14.2 Å². The molecule has 1 aromatic carbocycles. The zero-order valence-corrected chi connectivity index (χ0v) is 10.7. The molecule has 4 heteroatoms. The van der Waals surface area contributed by atoms with Gasteiger partial charge in [0.2, 0.25) is 0 Å². The SMILES string of the molecule is Cc1cc(OCCC(CO)NC2CC2)ccc1F. The van der Waals surface area contributed by atoms with Crippen LogP contribution in [0.15, 0.2) is 18.2 Å². The molecule has 1 aromatic rings. The molecule has 18 heavy (non-hydrogen) atoms. The Morgan fingerprint density at radius 3 is 2.89 bits per heavy atom. The highest BCUT2D eigenvalue weighted by atomic mass is 19.1. The molecule has 1 fully saturated rings. The van der Waals surface area contributed by atoms with Crippen molar-refractivity contribution in [2.75, 3.05) is 13.2 Å². The number of aliphatic hydroxyl groups is 1. The number of ether oxygens (including phenoxy) is 1. The third kappa shape index (κ3) is 3.96. The van der Waals surface area contributed by atoms with E-state index in [1.807, 2.05) is 0 Å². The Morgan fingerprint density at radius 1 is 1.50 bits per heavy atom. The fourth-order valence-electron chi connectivity index (χ4n) is 1.84. The second-order valence-corrected chi connectivity index (χ2v) is 4.87. The number of rotatable bonds is 7. The first-order valence-electron chi connectivity index (χ1n) is 6.45. The van der Waals surface area contributed by atoms with Crippen LogP contribution in [0.2, 0.25) is 0 Å². The van der Waals surface area contributed by atoms with Crippen LogP contribution < -0.4 is 10.1 Å². The number of halogens is 1. The Labute approximate surface area is 107 Å². The molecule has 2 rings (SSSR count). The van der Waals surface area contributed by atoms with E-state index in [9.17, 15) is 9.50 Å². The van der Waals surface area contributed by atoms with E-state index >= 15 is 0 Å². The number of aliphatic hydroxyl groups excluding tert-OH is 1. The lowest BCUT2D eigenvalue weighted by molar-refractivity contribution is 0.207. The maximum absolute atomic E-state index is 13.1. The Morgan fingerprint density at radius 2 is 2.28 bits per heavy atom. The Bertz CT molecular complexity index is 393. The summed E-state index contributed by atoms with van der Waals surface area (Å²) >= 11 is 0. The van der Waals surface area contributed by atoms with E-state index in [4.69, 9.17) is 4.74 Å². The summed E-state index contributed by atoms with van der Waals surface area (Å²) in [5, 5.41) is 12.6. The molecular formula is C14H20FNO2. The molecule has 100 valence electrons. The fourth-order valence-corrected chi connectivity index (χ4v) is 1.84. The van der Waals surface area contributed by atoms with Gasteiger partial charge in [0.1, 0.15) is 11.6 Å². The van der Waals surface area contributed by atoms with Crippen LogP contribution in [0.1, 0.15) is 24.8 Å². The quantitative estimate of drug-likeness (QED) is 0.781. The number of nitrogens with one attached hydrogen (secondary N) is 1. The van der Waals surface area contributed by atoms with Crippen molar-refractivity contribution in [3.63, 3.8) is 0 Å². The lowest BCUT2D eigenvalue weighted by Gasteiger charge is -2.16. The zero-order chi connectivity index (χ0) is 13.0. The molecular weight excluding hydrogens is 233 g/mol. The molecule has 2 N–H and O–H groups in total. The highest BCUT2D eigenvalue weighted by molar-refractivity contribution is 5.28. The molecule has 0 amide bonds. The van der Waals surface area contributed by atoms with E-state index in [2.05, 4.69) is 5.32 Å². The first kappa shape index (κ1) is 13.3. The Balaban J connectivity index is 1.74. The average molecular weight is 253 g/mol. The van der Waals surface area contributed by atoms with Crippen molar-refractivity contribution in [1.29, 1.82) is 0 Å². The summed E-state index contributed by atoms with van der Waals surface area (Å²) in [6.07, 6.45) is 3.16. The predicted molar refractivity (Wildman–Crippen MR) is 68.3 cm³/mol. The van der Waals surface area contributed by atoms with Crippen molar-refractivity contribution in [2.45, 2.75) is 38.3 Å². The van der Waals surface area contributed by atoms with E-state index in [1.165, 1.54) is 18.9 Å². The molecule has 0 radical (unpaired) electrons. The maximum atomic E-state index is 13.1. The standard InChI is InChI=1S/C14H20FNO2/c1-10-8-13(4-5-14(10)15)18-7-6-12(9-17)16-11-2-3-11/h4-5,8,11-12,16-17H,2-3,6-7,9H2,1H3. The van der Waals surface area contributed by atoms with Crippen LogP contribution in [-0.4, -0.2) is 30.4 Å². The summed E-state index contributed by atoms with van der Waals surface area (Å²) in [6.45, 7) is 2.37. The summed E-state index contributed by atoms with van der Waals surface area (Å²) in [5.41, 5.74) is 0.585. The monoisotopic (exact) mass is 253 g/mol. The van der Waals surface area contributed by atoms with Crippen molar-refractivity contribution in [2.24, 2.45) is 0 Å². The summed E-state index contributed by atoms with van der Waals surface area (Å²) in [6, 6.07) is 5.41. The van der Waals surface area contributed by atoms with E-state index in [0.717, 1.165) is 6.42 Å². The largest absolute Gasteiger partial charge is 0.494 e. The van der Waals surface area contributed by atoms with Gasteiger partial charge in [0, 0.05) is 12.1 Å². The minimum absolute atomic E-state index is 0.0963. The minimum atomic E-state index is -0.217. The van der Waals surface area contributed by atoms with Gasteiger partial charge in [-0.15, -0.1) is 0 Å². The summed E-state index contributed by atoms with van der Waals surface area (Å²) in [5.74, 6) is 0.461. The number of hydrogen-bond donors (Lipinski definition) is 2. The van der Waals surface area contributed by atoms with Gasteiger partial charge < -0.3 is 15.2 Å². The molecule has 1 unspecified atom stereocenters.